The first-order valence-electron chi connectivity index (χ1n) is 12.6. The molecule has 0 radical (unpaired) electrons. The lowest BCUT2D eigenvalue weighted by molar-refractivity contribution is -0.117. The summed E-state index contributed by atoms with van der Waals surface area (Å²) in [5.41, 5.74) is 7.31. The average Bonchev–Trinajstić information content (AvgIpc) is 3.73. The average molecular weight is 493 g/mol. The van der Waals surface area contributed by atoms with Gasteiger partial charge < -0.3 is 31.7 Å². The molecular formula is C25H27N7O4. The number of hydrogen-bond donors (Lipinski definition) is 5. The fourth-order valence-electron chi connectivity index (χ4n) is 3.44. The van der Waals surface area contributed by atoms with Crippen molar-refractivity contribution in [2.75, 3.05) is 30.5 Å². The van der Waals surface area contributed by atoms with Crippen LogP contribution in [0.4, 0.5) is 22.9 Å². The van der Waals surface area contributed by atoms with E-state index in [1.807, 2.05) is 5.32 Å². The van der Waals surface area contributed by atoms with Gasteiger partial charge in [0.15, 0.2) is 5.75 Å². The zero-order valence-corrected chi connectivity index (χ0v) is 19.4. The summed E-state index contributed by atoms with van der Waals surface area (Å²) in [5, 5.41) is 10.4. The van der Waals surface area contributed by atoms with E-state index in [2.05, 4.69) is 25.9 Å². The summed E-state index contributed by atoms with van der Waals surface area (Å²) < 4.78 is 27.6. The SMILES string of the molecule is [2H]C([2H])([2H])NC(=O)c1cnc(NC(=O)C2CC2)cc1Nc1cccc(C(=O)NCc2ccc(N)cn2)c1OC. The molecule has 11 nitrogen and oxygen atoms in total. The van der Waals surface area contributed by atoms with Crippen LogP contribution in [0.5, 0.6) is 5.75 Å². The standard InChI is InChI=1S/C25H27N7O4/c1-27-24(34)18-13-29-21(32-23(33)14-6-7-14)10-20(18)31-19-5-3-4-17(22(19)36-2)25(35)30-12-16-9-8-15(26)11-28-16/h3-5,8-11,13-14H,6-7,12,26H2,1-2H3,(H,27,34)(H,30,35)(H2,29,31,32,33)/i1D3. The summed E-state index contributed by atoms with van der Waals surface area (Å²) in [7, 11) is 1.38. The molecular weight excluding hydrogens is 462 g/mol. The molecule has 0 spiro atoms. The molecule has 6 N–H and O–H groups in total. The number of aromatic nitrogens is 2. The number of carbonyl (C=O) groups excluding carboxylic acids is 3. The normalized spacial score (nSPS) is 14.0. The van der Waals surface area contributed by atoms with Gasteiger partial charge in [0, 0.05) is 29.3 Å². The number of amides is 3. The molecule has 0 saturated heterocycles. The Morgan fingerprint density at radius 3 is 2.61 bits per heavy atom. The molecule has 1 aliphatic rings. The van der Waals surface area contributed by atoms with Gasteiger partial charge in [0.2, 0.25) is 5.91 Å². The van der Waals surface area contributed by atoms with Gasteiger partial charge in [0.1, 0.15) is 5.82 Å². The zero-order chi connectivity index (χ0) is 28.2. The number of benzene rings is 1. The predicted molar refractivity (Wildman–Crippen MR) is 135 cm³/mol. The number of para-hydroxylation sites is 1. The highest BCUT2D eigenvalue weighted by atomic mass is 16.5. The van der Waals surface area contributed by atoms with Crippen LogP contribution in [0.2, 0.25) is 0 Å². The molecule has 11 heteroatoms. The lowest BCUT2D eigenvalue weighted by Gasteiger charge is -2.17. The lowest BCUT2D eigenvalue weighted by atomic mass is 10.1. The van der Waals surface area contributed by atoms with E-state index >= 15 is 0 Å². The second-order valence-corrected chi connectivity index (χ2v) is 8.11. The third-order valence-electron chi connectivity index (χ3n) is 5.47. The largest absolute Gasteiger partial charge is 0.494 e. The van der Waals surface area contributed by atoms with Crippen molar-refractivity contribution in [2.45, 2.75) is 19.4 Å². The Hall–Kier alpha value is -4.67. The fraction of sp³-hybridized carbons (Fsp3) is 0.240. The molecule has 0 unspecified atom stereocenters. The monoisotopic (exact) mass is 492 g/mol. The first-order valence-corrected chi connectivity index (χ1v) is 11.1. The van der Waals surface area contributed by atoms with E-state index in [9.17, 15) is 14.4 Å². The molecule has 0 aliphatic heterocycles. The summed E-state index contributed by atoms with van der Waals surface area (Å²) in [6, 6.07) is 9.57. The minimum Gasteiger partial charge on any atom is -0.494 e. The number of carbonyl (C=O) groups is 3. The van der Waals surface area contributed by atoms with Gasteiger partial charge in [-0.3, -0.25) is 19.4 Å². The Balaban J connectivity index is 1.62. The van der Waals surface area contributed by atoms with Crippen molar-refractivity contribution in [3.63, 3.8) is 0 Å². The van der Waals surface area contributed by atoms with Crippen molar-refractivity contribution in [1.82, 2.24) is 20.6 Å². The Morgan fingerprint density at radius 2 is 1.92 bits per heavy atom. The first-order chi connectivity index (χ1) is 18.5. The third-order valence-corrected chi connectivity index (χ3v) is 5.47. The molecule has 186 valence electrons. The Bertz CT molecular complexity index is 1390. The van der Waals surface area contributed by atoms with Crippen molar-refractivity contribution in [1.29, 1.82) is 0 Å². The number of methoxy groups -OCH3 is 1. The van der Waals surface area contributed by atoms with Gasteiger partial charge in [-0.1, -0.05) is 6.07 Å². The highest BCUT2D eigenvalue weighted by Crippen LogP contribution is 2.34. The maximum Gasteiger partial charge on any atom is 0.255 e. The van der Waals surface area contributed by atoms with Crippen LogP contribution in [-0.4, -0.2) is 41.8 Å². The van der Waals surface area contributed by atoms with Crippen LogP contribution < -0.4 is 31.7 Å². The highest BCUT2D eigenvalue weighted by Gasteiger charge is 2.30. The van der Waals surface area contributed by atoms with Crippen LogP contribution in [-0.2, 0) is 11.3 Å². The molecule has 3 aromatic rings. The summed E-state index contributed by atoms with van der Waals surface area (Å²) in [4.78, 5) is 46.2. The molecule has 1 aliphatic carbocycles. The number of nitrogens with one attached hydrogen (secondary N) is 4. The van der Waals surface area contributed by atoms with Gasteiger partial charge in [-0.15, -0.1) is 0 Å². The summed E-state index contributed by atoms with van der Waals surface area (Å²) in [6.07, 6.45) is 4.23. The highest BCUT2D eigenvalue weighted by molar-refractivity contribution is 6.03. The van der Waals surface area contributed by atoms with Crippen molar-refractivity contribution >= 4 is 40.6 Å². The van der Waals surface area contributed by atoms with E-state index in [0.29, 0.717) is 17.1 Å². The van der Waals surface area contributed by atoms with Gasteiger partial charge in [0.25, 0.3) is 11.8 Å². The van der Waals surface area contributed by atoms with Crippen LogP contribution in [0, 0.1) is 5.92 Å². The van der Waals surface area contributed by atoms with Gasteiger partial charge in [0.05, 0.1) is 53.7 Å². The number of ether oxygens (including phenoxy) is 1. The number of nitrogen functional groups attached to an aromatic ring is 1. The number of nitrogens with two attached hydrogens (primary N) is 1. The maximum atomic E-state index is 13.0. The topological polar surface area (TPSA) is 160 Å². The Kier molecular flexibility index (Phi) is 6.16. The summed E-state index contributed by atoms with van der Waals surface area (Å²) >= 11 is 0. The summed E-state index contributed by atoms with van der Waals surface area (Å²) in [5.74, 6) is -1.29. The van der Waals surface area contributed by atoms with Crippen LogP contribution in [0.15, 0.2) is 48.8 Å². The molecule has 4 rings (SSSR count). The second kappa shape index (κ2) is 10.7. The second-order valence-electron chi connectivity index (χ2n) is 8.11. The van der Waals surface area contributed by atoms with E-state index in [0.717, 1.165) is 19.0 Å². The molecule has 1 saturated carbocycles. The number of pyridine rings is 2. The van der Waals surface area contributed by atoms with Crippen LogP contribution >= 0.6 is 0 Å². The van der Waals surface area contributed by atoms with Crippen molar-refractivity contribution in [2.24, 2.45) is 5.92 Å². The zero-order valence-electron chi connectivity index (χ0n) is 22.4. The number of anilines is 4. The van der Waals surface area contributed by atoms with E-state index in [-0.39, 0.29) is 46.8 Å². The van der Waals surface area contributed by atoms with E-state index in [4.69, 9.17) is 14.6 Å². The molecule has 1 aromatic carbocycles. The van der Waals surface area contributed by atoms with Gasteiger partial charge in [-0.25, -0.2) is 4.98 Å². The predicted octanol–water partition coefficient (Wildman–Crippen LogP) is 2.45. The maximum absolute atomic E-state index is 13.0. The lowest BCUT2D eigenvalue weighted by Crippen LogP contribution is -2.24. The van der Waals surface area contributed by atoms with Crippen molar-refractivity contribution in [3.05, 3.63) is 65.6 Å². The van der Waals surface area contributed by atoms with Crippen LogP contribution in [0.25, 0.3) is 0 Å². The van der Waals surface area contributed by atoms with E-state index < -0.39 is 18.8 Å². The van der Waals surface area contributed by atoms with Gasteiger partial charge in [-0.2, -0.15) is 0 Å². The third kappa shape index (κ3) is 5.69. The van der Waals surface area contributed by atoms with Gasteiger partial charge in [-0.05, 0) is 37.1 Å². The first kappa shape index (κ1) is 20.7. The molecule has 2 heterocycles. The van der Waals surface area contributed by atoms with Crippen LogP contribution in [0.3, 0.4) is 0 Å². The number of hydrogen-bond acceptors (Lipinski definition) is 8. The van der Waals surface area contributed by atoms with E-state index in [1.54, 1.807) is 30.3 Å². The Morgan fingerprint density at radius 1 is 1.08 bits per heavy atom. The minimum absolute atomic E-state index is 0.0829. The van der Waals surface area contributed by atoms with E-state index in [1.165, 1.54) is 19.4 Å². The van der Waals surface area contributed by atoms with Crippen molar-refractivity contribution < 1.29 is 23.2 Å². The minimum atomic E-state index is -2.73. The number of rotatable bonds is 9. The van der Waals surface area contributed by atoms with Crippen molar-refractivity contribution in [3.8, 4) is 5.75 Å². The molecule has 0 bridgehead atoms. The fourth-order valence-corrected chi connectivity index (χ4v) is 3.44. The molecule has 2 aromatic heterocycles. The molecule has 3 amide bonds. The van der Waals surface area contributed by atoms with Crippen LogP contribution in [0.1, 0.15) is 43.4 Å². The quantitative estimate of drug-likeness (QED) is 0.304. The van der Waals surface area contributed by atoms with Gasteiger partial charge >= 0.3 is 0 Å². The number of nitrogens with zero attached hydrogens (tertiary/aromatic N) is 2. The molecule has 0 atom stereocenters. The Labute approximate surface area is 212 Å². The summed E-state index contributed by atoms with van der Waals surface area (Å²) in [6.45, 7) is -2.59. The molecule has 1 fully saturated rings. The smallest absolute Gasteiger partial charge is 0.255 e. The molecule has 36 heavy (non-hydrogen) atoms.